The summed E-state index contributed by atoms with van der Waals surface area (Å²) in [6.07, 6.45) is 1.03. The van der Waals surface area contributed by atoms with Gasteiger partial charge in [-0.25, -0.2) is 4.79 Å². The van der Waals surface area contributed by atoms with E-state index in [4.69, 9.17) is 10.8 Å². The van der Waals surface area contributed by atoms with Crippen molar-refractivity contribution in [3.05, 3.63) is 32.6 Å². The molecule has 1 aromatic heterocycles. The van der Waals surface area contributed by atoms with Gasteiger partial charge < -0.3 is 15.8 Å². The van der Waals surface area contributed by atoms with E-state index in [0.29, 0.717) is 0 Å². The number of nitrogens with one attached hydrogen (secondary N) is 2. The molecule has 0 spiro atoms. The van der Waals surface area contributed by atoms with Crippen LogP contribution >= 0.6 is 0 Å². The molecule has 0 aliphatic rings. The van der Waals surface area contributed by atoms with Crippen LogP contribution in [0.1, 0.15) is 5.56 Å². The average Bonchev–Trinajstić information content (AvgIpc) is 2.09. The Morgan fingerprint density at radius 3 is 2.71 bits per heavy atom. The SMILES string of the molecule is N[C@@H](Cc1c[nH]c(=O)[nH]c1=O)C(=O)O. The van der Waals surface area contributed by atoms with Crippen LogP contribution in [0.15, 0.2) is 15.8 Å². The molecular weight excluding hydrogens is 190 g/mol. The highest BCUT2D eigenvalue weighted by molar-refractivity contribution is 5.73. The van der Waals surface area contributed by atoms with Crippen molar-refractivity contribution >= 4 is 5.97 Å². The summed E-state index contributed by atoms with van der Waals surface area (Å²) in [5.41, 5.74) is 4.09. The van der Waals surface area contributed by atoms with Gasteiger partial charge in [0.25, 0.3) is 5.56 Å². The Kier molecular flexibility index (Phi) is 2.82. The predicted octanol–water partition coefficient (Wildman–Crippen LogP) is -1.98. The van der Waals surface area contributed by atoms with E-state index in [1.165, 1.54) is 0 Å². The number of carbonyl (C=O) groups is 1. The molecule has 7 heteroatoms. The predicted molar refractivity (Wildman–Crippen MR) is 47.0 cm³/mol. The number of aromatic nitrogens is 2. The maximum absolute atomic E-state index is 11.1. The van der Waals surface area contributed by atoms with Crippen molar-refractivity contribution in [1.82, 2.24) is 9.97 Å². The van der Waals surface area contributed by atoms with E-state index >= 15 is 0 Å². The Hall–Kier alpha value is -1.89. The first kappa shape index (κ1) is 10.2. The Labute approximate surface area is 77.6 Å². The fourth-order valence-corrected chi connectivity index (χ4v) is 0.914. The number of H-pyrrole nitrogens is 2. The molecule has 0 amide bonds. The van der Waals surface area contributed by atoms with Gasteiger partial charge in [0.05, 0.1) is 0 Å². The zero-order valence-corrected chi connectivity index (χ0v) is 7.11. The van der Waals surface area contributed by atoms with Crippen molar-refractivity contribution in [3.63, 3.8) is 0 Å². The van der Waals surface area contributed by atoms with Crippen LogP contribution in [0.2, 0.25) is 0 Å². The van der Waals surface area contributed by atoms with Gasteiger partial charge >= 0.3 is 11.7 Å². The minimum atomic E-state index is -1.20. The number of carboxylic acids is 1. The van der Waals surface area contributed by atoms with E-state index in [9.17, 15) is 14.4 Å². The summed E-state index contributed by atoms with van der Waals surface area (Å²) in [4.78, 5) is 36.2. The molecule has 0 fully saturated rings. The molecule has 1 heterocycles. The molecule has 0 aliphatic heterocycles. The molecule has 76 valence electrons. The molecule has 1 rings (SSSR count). The number of aromatic amines is 2. The summed E-state index contributed by atoms with van der Waals surface area (Å²) < 4.78 is 0. The summed E-state index contributed by atoms with van der Waals surface area (Å²) >= 11 is 0. The zero-order valence-electron chi connectivity index (χ0n) is 7.11. The second-order valence-corrected chi connectivity index (χ2v) is 2.75. The van der Waals surface area contributed by atoms with Crippen LogP contribution in [0.5, 0.6) is 0 Å². The third kappa shape index (κ3) is 2.30. The minimum absolute atomic E-state index is 0.124. The summed E-state index contributed by atoms with van der Waals surface area (Å²) in [5, 5.41) is 8.48. The van der Waals surface area contributed by atoms with Crippen LogP contribution in [0.25, 0.3) is 0 Å². The molecule has 0 bridgehead atoms. The lowest BCUT2D eigenvalue weighted by molar-refractivity contribution is -0.138. The third-order valence-electron chi connectivity index (χ3n) is 1.65. The van der Waals surface area contributed by atoms with Crippen molar-refractivity contribution < 1.29 is 9.90 Å². The van der Waals surface area contributed by atoms with Crippen LogP contribution in [-0.4, -0.2) is 27.1 Å². The quantitative estimate of drug-likeness (QED) is 0.448. The Morgan fingerprint density at radius 2 is 2.21 bits per heavy atom. The molecule has 7 nitrogen and oxygen atoms in total. The maximum Gasteiger partial charge on any atom is 0.325 e. The lowest BCUT2D eigenvalue weighted by Crippen LogP contribution is -2.35. The smallest absolute Gasteiger partial charge is 0.325 e. The highest BCUT2D eigenvalue weighted by atomic mass is 16.4. The first-order valence-electron chi connectivity index (χ1n) is 3.80. The first-order valence-corrected chi connectivity index (χ1v) is 3.80. The largest absolute Gasteiger partial charge is 0.480 e. The van der Waals surface area contributed by atoms with Gasteiger partial charge in [0.2, 0.25) is 0 Å². The molecule has 5 N–H and O–H groups in total. The molecule has 0 unspecified atom stereocenters. The standard InChI is InChI=1S/C7H9N3O4/c8-4(6(12)13)1-3-2-9-7(14)10-5(3)11/h2,4H,1,8H2,(H,12,13)(H2,9,10,11,14)/t4-/m0/s1. The van der Waals surface area contributed by atoms with E-state index < -0.39 is 23.3 Å². The van der Waals surface area contributed by atoms with Gasteiger partial charge in [-0.15, -0.1) is 0 Å². The number of rotatable bonds is 3. The van der Waals surface area contributed by atoms with Crippen molar-refractivity contribution in [2.75, 3.05) is 0 Å². The van der Waals surface area contributed by atoms with Gasteiger partial charge in [0.1, 0.15) is 6.04 Å². The van der Waals surface area contributed by atoms with Crippen LogP contribution in [-0.2, 0) is 11.2 Å². The number of nitrogens with two attached hydrogens (primary N) is 1. The summed E-state index contributed by atoms with van der Waals surface area (Å²) in [6, 6.07) is -1.15. The molecule has 1 atom stereocenters. The lowest BCUT2D eigenvalue weighted by Gasteiger charge is -2.03. The lowest BCUT2D eigenvalue weighted by atomic mass is 10.1. The van der Waals surface area contributed by atoms with Crippen LogP contribution in [0, 0.1) is 0 Å². The van der Waals surface area contributed by atoms with Gasteiger partial charge in [-0.1, -0.05) is 0 Å². The Morgan fingerprint density at radius 1 is 1.57 bits per heavy atom. The topological polar surface area (TPSA) is 129 Å². The van der Waals surface area contributed by atoms with Gasteiger partial charge in [-0.2, -0.15) is 0 Å². The van der Waals surface area contributed by atoms with Gasteiger partial charge in [0.15, 0.2) is 0 Å². The second kappa shape index (κ2) is 3.88. The Balaban J connectivity index is 2.93. The fraction of sp³-hybridized carbons (Fsp3) is 0.286. The zero-order chi connectivity index (χ0) is 10.7. The van der Waals surface area contributed by atoms with Crippen molar-refractivity contribution in [3.8, 4) is 0 Å². The average molecular weight is 199 g/mol. The van der Waals surface area contributed by atoms with Crippen LogP contribution < -0.4 is 17.0 Å². The van der Waals surface area contributed by atoms with Gasteiger partial charge in [-0.05, 0) is 0 Å². The molecule has 14 heavy (non-hydrogen) atoms. The molecule has 0 radical (unpaired) electrons. The summed E-state index contributed by atoms with van der Waals surface area (Å²) in [5.74, 6) is -1.20. The maximum atomic E-state index is 11.1. The highest BCUT2D eigenvalue weighted by Gasteiger charge is 2.14. The fourth-order valence-electron chi connectivity index (χ4n) is 0.914. The highest BCUT2D eigenvalue weighted by Crippen LogP contribution is 1.91. The van der Waals surface area contributed by atoms with E-state index in [1.807, 2.05) is 4.98 Å². The monoisotopic (exact) mass is 199 g/mol. The molecule has 1 aromatic rings. The summed E-state index contributed by atoms with van der Waals surface area (Å²) in [6.45, 7) is 0. The van der Waals surface area contributed by atoms with Crippen molar-refractivity contribution in [1.29, 1.82) is 0 Å². The second-order valence-electron chi connectivity index (χ2n) is 2.75. The van der Waals surface area contributed by atoms with E-state index in [2.05, 4.69) is 4.98 Å². The van der Waals surface area contributed by atoms with E-state index in [0.717, 1.165) is 6.20 Å². The molecule has 0 aromatic carbocycles. The third-order valence-corrected chi connectivity index (χ3v) is 1.65. The van der Waals surface area contributed by atoms with Gasteiger partial charge in [-0.3, -0.25) is 14.6 Å². The van der Waals surface area contributed by atoms with Crippen LogP contribution in [0.4, 0.5) is 0 Å². The molecule has 0 saturated heterocycles. The number of hydrogen-bond donors (Lipinski definition) is 4. The Bertz CT molecular complexity index is 447. The number of hydrogen-bond acceptors (Lipinski definition) is 4. The number of aliphatic carboxylic acids is 1. The van der Waals surface area contributed by atoms with Crippen molar-refractivity contribution in [2.24, 2.45) is 5.73 Å². The van der Waals surface area contributed by atoms with Crippen LogP contribution in [0.3, 0.4) is 0 Å². The minimum Gasteiger partial charge on any atom is -0.480 e. The van der Waals surface area contributed by atoms with Gasteiger partial charge in [0, 0.05) is 18.2 Å². The van der Waals surface area contributed by atoms with Crippen molar-refractivity contribution in [2.45, 2.75) is 12.5 Å². The number of carboxylic acid groups (broad SMARTS) is 1. The normalized spacial score (nSPS) is 12.4. The molecular formula is C7H9N3O4. The van der Waals surface area contributed by atoms with E-state index in [-0.39, 0.29) is 12.0 Å². The molecule has 0 aliphatic carbocycles. The summed E-state index contributed by atoms with van der Waals surface area (Å²) in [7, 11) is 0. The molecule has 0 saturated carbocycles. The first-order chi connectivity index (χ1) is 6.50. The van der Waals surface area contributed by atoms with E-state index in [1.54, 1.807) is 0 Å².